The molecule has 0 aliphatic heterocycles. The molecule has 1 unspecified atom stereocenters. The monoisotopic (exact) mass is 605 g/mol. The van der Waals surface area contributed by atoms with Crippen molar-refractivity contribution in [2.75, 3.05) is 31.3 Å². The number of benzene rings is 3. The molecule has 2 amide bonds. The Hall–Kier alpha value is -3.27. The molecule has 11 heteroatoms. The number of hydrogen-bond donors (Lipinski definition) is 1. The average molecular weight is 607 g/mol. The fourth-order valence-electron chi connectivity index (χ4n) is 4.37. The standard InChI is InChI=1S/C29H33Cl2N3O5S/c1-32-29(36)26(18-21-9-5-4-6-10-21)33(20-22-11-7-12-23(30)17-22)28(35)13-8-16-34(40(3,37)38)24-14-15-27(39-2)25(31)19-24/h4-7,9-12,14-15,17,19,26H,8,13,16,18,20H2,1-3H3,(H,32,36). The van der Waals surface area contributed by atoms with E-state index in [1.165, 1.54) is 29.4 Å². The van der Waals surface area contributed by atoms with Crippen LogP contribution < -0.4 is 14.4 Å². The maximum absolute atomic E-state index is 13.7. The maximum atomic E-state index is 13.7. The second kappa shape index (κ2) is 14.4. The molecule has 0 spiro atoms. The largest absolute Gasteiger partial charge is 0.495 e. The summed E-state index contributed by atoms with van der Waals surface area (Å²) in [5, 5.41) is 3.47. The summed E-state index contributed by atoms with van der Waals surface area (Å²) in [6.07, 6.45) is 1.64. The van der Waals surface area contributed by atoms with Crippen molar-refractivity contribution >= 4 is 50.7 Å². The molecule has 0 aliphatic rings. The van der Waals surface area contributed by atoms with Crippen LogP contribution in [-0.4, -0.2) is 58.1 Å². The number of methoxy groups -OCH3 is 1. The number of sulfonamides is 1. The van der Waals surface area contributed by atoms with Gasteiger partial charge in [-0.2, -0.15) is 0 Å². The van der Waals surface area contributed by atoms with Crippen LogP contribution in [0.3, 0.4) is 0 Å². The molecule has 0 heterocycles. The van der Waals surface area contributed by atoms with E-state index in [9.17, 15) is 18.0 Å². The van der Waals surface area contributed by atoms with Crippen molar-refractivity contribution in [1.82, 2.24) is 10.2 Å². The topological polar surface area (TPSA) is 96.0 Å². The number of rotatable bonds is 13. The van der Waals surface area contributed by atoms with Gasteiger partial charge in [0, 0.05) is 38.0 Å². The van der Waals surface area contributed by atoms with Crippen LogP contribution in [0.5, 0.6) is 5.75 Å². The number of halogens is 2. The fraction of sp³-hybridized carbons (Fsp3) is 0.310. The minimum Gasteiger partial charge on any atom is -0.495 e. The van der Waals surface area contributed by atoms with E-state index >= 15 is 0 Å². The zero-order valence-corrected chi connectivity index (χ0v) is 25.0. The van der Waals surface area contributed by atoms with Crippen molar-refractivity contribution in [2.45, 2.75) is 31.8 Å². The van der Waals surface area contributed by atoms with Gasteiger partial charge in [-0.05, 0) is 47.9 Å². The number of nitrogens with zero attached hydrogens (tertiary/aromatic N) is 2. The number of carbonyl (C=O) groups excluding carboxylic acids is 2. The van der Waals surface area contributed by atoms with E-state index in [1.54, 1.807) is 30.3 Å². The molecule has 0 saturated heterocycles. The lowest BCUT2D eigenvalue weighted by Gasteiger charge is -2.31. The molecule has 1 N–H and O–H groups in total. The van der Waals surface area contributed by atoms with Crippen molar-refractivity contribution in [1.29, 1.82) is 0 Å². The number of amides is 2. The Balaban J connectivity index is 1.85. The van der Waals surface area contributed by atoms with Gasteiger partial charge in [0.25, 0.3) is 0 Å². The molecule has 40 heavy (non-hydrogen) atoms. The number of carbonyl (C=O) groups is 2. The lowest BCUT2D eigenvalue weighted by atomic mass is 10.0. The van der Waals surface area contributed by atoms with Gasteiger partial charge in [-0.15, -0.1) is 0 Å². The van der Waals surface area contributed by atoms with Gasteiger partial charge in [-0.1, -0.05) is 65.7 Å². The third-order valence-electron chi connectivity index (χ3n) is 6.33. The third kappa shape index (κ3) is 8.61. The third-order valence-corrected chi connectivity index (χ3v) is 8.06. The first-order valence-electron chi connectivity index (χ1n) is 12.6. The zero-order valence-electron chi connectivity index (χ0n) is 22.6. The van der Waals surface area contributed by atoms with E-state index in [1.807, 2.05) is 36.4 Å². The molecule has 8 nitrogen and oxygen atoms in total. The Bertz CT molecular complexity index is 1420. The molecular formula is C29H33Cl2N3O5S. The first-order valence-corrected chi connectivity index (χ1v) is 15.2. The number of ether oxygens (including phenoxy) is 1. The van der Waals surface area contributed by atoms with Gasteiger partial charge in [-0.25, -0.2) is 8.42 Å². The lowest BCUT2D eigenvalue weighted by molar-refractivity contribution is -0.141. The van der Waals surface area contributed by atoms with Gasteiger partial charge in [0.05, 0.1) is 24.1 Å². The quantitative estimate of drug-likeness (QED) is 0.298. The van der Waals surface area contributed by atoms with Crippen molar-refractivity contribution in [3.05, 3.63) is 94.0 Å². The molecule has 0 saturated carbocycles. The summed E-state index contributed by atoms with van der Waals surface area (Å²) < 4.78 is 31.6. The summed E-state index contributed by atoms with van der Waals surface area (Å²) in [5.41, 5.74) is 2.04. The average Bonchev–Trinajstić information content (AvgIpc) is 2.92. The summed E-state index contributed by atoms with van der Waals surface area (Å²) in [4.78, 5) is 28.3. The highest BCUT2D eigenvalue weighted by atomic mass is 35.5. The second-order valence-corrected chi connectivity index (χ2v) is 12.0. The van der Waals surface area contributed by atoms with Crippen molar-refractivity contribution in [2.24, 2.45) is 0 Å². The second-order valence-electron chi connectivity index (χ2n) is 9.23. The molecule has 0 aliphatic carbocycles. The van der Waals surface area contributed by atoms with E-state index in [0.717, 1.165) is 17.4 Å². The smallest absolute Gasteiger partial charge is 0.242 e. The van der Waals surface area contributed by atoms with Gasteiger partial charge in [0.15, 0.2) is 0 Å². The van der Waals surface area contributed by atoms with E-state index in [4.69, 9.17) is 27.9 Å². The highest BCUT2D eigenvalue weighted by Crippen LogP contribution is 2.30. The molecule has 0 bridgehead atoms. The normalized spacial score (nSPS) is 11.9. The van der Waals surface area contributed by atoms with Crippen molar-refractivity contribution < 1.29 is 22.7 Å². The van der Waals surface area contributed by atoms with Gasteiger partial charge in [-0.3, -0.25) is 13.9 Å². The number of nitrogens with one attached hydrogen (secondary N) is 1. The highest BCUT2D eigenvalue weighted by Gasteiger charge is 2.30. The Morgan fingerprint density at radius 3 is 2.27 bits per heavy atom. The Labute approximate surface area is 245 Å². The van der Waals surface area contributed by atoms with E-state index in [0.29, 0.717) is 22.9 Å². The molecule has 3 aromatic rings. The summed E-state index contributed by atoms with van der Waals surface area (Å²) in [7, 11) is -0.664. The van der Waals surface area contributed by atoms with Gasteiger partial charge < -0.3 is 15.0 Å². The SMILES string of the molecule is CNC(=O)C(Cc1ccccc1)N(Cc1cccc(Cl)c1)C(=O)CCCN(c1ccc(OC)c(Cl)c1)S(C)(=O)=O. The van der Waals surface area contributed by atoms with Crippen LogP contribution in [0, 0.1) is 0 Å². The predicted molar refractivity (Wildman–Crippen MR) is 159 cm³/mol. The van der Waals surface area contributed by atoms with E-state index in [-0.39, 0.29) is 42.8 Å². The molecule has 3 rings (SSSR count). The fourth-order valence-corrected chi connectivity index (χ4v) is 5.79. The molecule has 3 aromatic carbocycles. The molecule has 0 aromatic heterocycles. The van der Waals surface area contributed by atoms with Crippen LogP contribution in [0.1, 0.15) is 24.0 Å². The molecule has 0 radical (unpaired) electrons. The van der Waals surface area contributed by atoms with Crippen LogP contribution in [0.2, 0.25) is 10.0 Å². The molecular weight excluding hydrogens is 573 g/mol. The van der Waals surface area contributed by atoms with Gasteiger partial charge in [0.1, 0.15) is 11.8 Å². The number of likely N-dealkylation sites (N-methyl/N-ethyl adjacent to an activating group) is 1. The first kappa shape index (κ1) is 31.3. The van der Waals surface area contributed by atoms with Crippen LogP contribution in [0.15, 0.2) is 72.8 Å². The van der Waals surface area contributed by atoms with E-state index < -0.39 is 16.1 Å². The summed E-state index contributed by atoms with van der Waals surface area (Å²) in [5.74, 6) is -0.167. The minimum atomic E-state index is -3.67. The van der Waals surface area contributed by atoms with Crippen LogP contribution >= 0.6 is 23.2 Å². The van der Waals surface area contributed by atoms with Gasteiger partial charge in [0.2, 0.25) is 21.8 Å². The van der Waals surface area contributed by atoms with Crippen molar-refractivity contribution in [3.8, 4) is 5.75 Å². The lowest BCUT2D eigenvalue weighted by Crippen LogP contribution is -2.49. The molecule has 0 fully saturated rings. The molecule has 214 valence electrons. The minimum absolute atomic E-state index is 0.0127. The Morgan fingerprint density at radius 1 is 0.975 bits per heavy atom. The first-order chi connectivity index (χ1) is 19.0. The molecule has 1 atom stereocenters. The summed E-state index contributed by atoms with van der Waals surface area (Å²) in [6.45, 7) is 0.204. The number of hydrogen-bond acceptors (Lipinski definition) is 5. The van der Waals surface area contributed by atoms with Gasteiger partial charge >= 0.3 is 0 Å². The Kier molecular flexibility index (Phi) is 11.2. The van der Waals surface area contributed by atoms with Crippen LogP contribution in [0.4, 0.5) is 5.69 Å². The Morgan fingerprint density at radius 2 is 1.68 bits per heavy atom. The summed E-state index contributed by atoms with van der Waals surface area (Å²) >= 11 is 12.4. The van der Waals surface area contributed by atoms with Crippen molar-refractivity contribution in [3.63, 3.8) is 0 Å². The van der Waals surface area contributed by atoms with Crippen LogP contribution in [0.25, 0.3) is 0 Å². The van der Waals surface area contributed by atoms with Crippen LogP contribution in [-0.2, 0) is 32.6 Å². The highest BCUT2D eigenvalue weighted by molar-refractivity contribution is 7.92. The predicted octanol–water partition coefficient (Wildman–Crippen LogP) is 4.93. The maximum Gasteiger partial charge on any atom is 0.242 e. The number of anilines is 1. The zero-order chi connectivity index (χ0) is 29.3. The van der Waals surface area contributed by atoms with E-state index in [2.05, 4.69) is 5.32 Å². The summed E-state index contributed by atoms with van der Waals surface area (Å²) in [6, 6.07) is 20.5.